The van der Waals surface area contributed by atoms with Gasteiger partial charge < -0.3 is 19.7 Å². The first-order valence-electron chi connectivity index (χ1n) is 10.3. The zero-order valence-corrected chi connectivity index (χ0v) is 17.6. The number of rotatable bonds is 7. The van der Waals surface area contributed by atoms with Crippen molar-refractivity contribution in [2.45, 2.75) is 13.0 Å². The van der Waals surface area contributed by atoms with Crippen molar-refractivity contribution in [1.82, 2.24) is 4.90 Å². The first-order valence-corrected chi connectivity index (χ1v) is 10.3. The molecule has 0 bridgehead atoms. The lowest BCUT2D eigenvalue weighted by Gasteiger charge is -2.29. The Hall–Kier alpha value is -3.87. The van der Waals surface area contributed by atoms with Crippen LogP contribution in [-0.4, -0.2) is 37.0 Å². The van der Waals surface area contributed by atoms with Crippen molar-refractivity contribution in [2.24, 2.45) is 0 Å². The number of carbonyl (C=O) groups excluding carboxylic acids is 2. The molecule has 0 saturated heterocycles. The summed E-state index contributed by atoms with van der Waals surface area (Å²) in [5, 5.41) is 2.77. The van der Waals surface area contributed by atoms with Gasteiger partial charge in [0.15, 0.2) is 6.61 Å². The molecule has 32 heavy (non-hydrogen) atoms. The second kappa shape index (κ2) is 9.51. The summed E-state index contributed by atoms with van der Waals surface area (Å²) in [6.45, 7) is 0.755. The molecule has 3 aromatic carbocycles. The van der Waals surface area contributed by atoms with Gasteiger partial charge in [-0.05, 0) is 60.5 Å². The van der Waals surface area contributed by atoms with E-state index in [4.69, 9.17) is 9.47 Å². The van der Waals surface area contributed by atoms with E-state index in [1.807, 2.05) is 0 Å². The monoisotopic (exact) mass is 434 g/mol. The van der Waals surface area contributed by atoms with Crippen LogP contribution in [0.5, 0.6) is 11.5 Å². The Kier molecular flexibility index (Phi) is 6.35. The van der Waals surface area contributed by atoms with Gasteiger partial charge in [-0.25, -0.2) is 4.39 Å². The van der Waals surface area contributed by atoms with Crippen LogP contribution in [0.3, 0.4) is 0 Å². The third-order valence-electron chi connectivity index (χ3n) is 5.30. The number of methoxy groups -OCH3 is 1. The molecule has 0 radical (unpaired) electrons. The summed E-state index contributed by atoms with van der Waals surface area (Å²) in [6.07, 6.45) is 0.610. The van der Waals surface area contributed by atoms with E-state index in [9.17, 15) is 14.0 Å². The summed E-state index contributed by atoms with van der Waals surface area (Å²) in [5.41, 5.74) is 2.86. The van der Waals surface area contributed by atoms with Gasteiger partial charge in [0.1, 0.15) is 17.3 Å². The molecule has 6 nitrogen and oxygen atoms in total. The molecule has 0 unspecified atom stereocenters. The first kappa shape index (κ1) is 21.4. The highest BCUT2D eigenvalue weighted by atomic mass is 19.1. The maximum absolute atomic E-state index is 13.1. The average Bonchev–Trinajstić information content (AvgIpc) is 2.81. The molecule has 0 fully saturated rings. The second-order valence-electron chi connectivity index (χ2n) is 7.45. The van der Waals surface area contributed by atoms with Crippen LogP contribution in [0, 0.1) is 5.82 Å². The molecule has 3 aromatic rings. The van der Waals surface area contributed by atoms with Crippen LogP contribution in [-0.2, 0) is 17.8 Å². The SMILES string of the molecule is COc1ccc(NC(=O)COc2cccc3c2CCN(Cc2ccc(F)cc2)C3=O)cc1. The number of carbonyl (C=O) groups is 2. The van der Waals surface area contributed by atoms with E-state index in [0.717, 1.165) is 11.1 Å². The number of benzene rings is 3. The molecule has 2 amide bonds. The van der Waals surface area contributed by atoms with Crippen LogP contribution in [0.1, 0.15) is 21.5 Å². The number of nitrogens with one attached hydrogen (secondary N) is 1. The van der Waals surface area contributed by atoms with Gasteiger partial charge in [-0.3, -0.25) is 9.59 Å². The lowest BCUT2D eigenvalue weighted by Crippen LogP contribution is -2.37. The molecular formula is C25H23FN2O4. The summed E-state index contributed by atoms with van der Waals surface area (Å²) in [5.74, 6) is 0.522. The van der Waals surface area contributed by atoms with Gasteiger partial charge in [0, 0.05) is 29.9 Å². The number of anilines is 1. The Bertz CT molecular complexity index is 1110. The van der Waals surface area contributed by atoms with Crippen molar-refractivity contribution in [3.63, 3.8) is 0 Å². The molecule has 164 valence electrons. The highest BCUT2D eigenvalue weighted by Crippen LogP contribution is 2.29. The number of ether oxygens (including phenoxy) is 2. The van der Waals surface area contributed by atoms with Gasteiger partial charge in [-0.2, -0.15) is 0 Å². The molecule has 4 rings (SSSR count). The van der Waals surface area contributed by atoms with Crippen LogP contribution in [0.2, 0.25) is 0 Å². The molecule has 7 heteroatoms. The van der Waals surface area contributed by atoms with Crippen LogP contribution in [0.15, 0.2) is 66.7 Å². The van der Waals surface area contributed by atoms with Crippen molar-refractivity contribution in [3.05, 3.63) is 89.2 Å². The standard InChI is InChI=1S/C25H23FN2O4/c1-31-20-11-9-19(10-12-20)27-24(29)16-32-23-4-2-3-22-21(23)13-14-28(25(22)30)15-17-5-7-18(26)8-6-17/h2-12H,13-16H2,1H3,(H,27,29). The molecule has 1 N–H and O–H groups in total. The largest absolute Gasteiger partial charge is 0.497 e. The average molecular weight is 434 g/mol. The van der Waals surface area contributed by atoms with Gasteiger partial charge >= 0.3 is 0 Å². The van der Waals surface area contributed by atoms with E-state index in [0.29, 0.717) is 42.3 Å². The van der Waals surface area contributed by atoms with Gasteiger partial charge in [-0.1, -0.05) is 18.2 Å². The van der Waals surface area contributed by atoms with Crippen molar-refractivity contribution in [2.75, 3.05) is 25.6 Å². The fraction of sp³-hybridized carbons (Fsp3) is 0.200. The summed E-state index contributed by atoms with van der Waals surface area (Å²) in [7, 11) is 1.58. The number of nitrogens with zero attached hydrogens (tertiary/aromatic N) is 1. The molecule has 0 saturated carbocycles. The van der Waals surface area contributed by atoms with Crippen LogP contribution in [0.25, 0.3) is 0 Å². The molecule has 1 heterocycles. The van der Waals surface area contributed by atoms with Gasteiger partial charge in [0.2, 0.25) is 0 Å². The third-order valence-corrected chi connectivity index (χ3v) is 5.30. The van der Waals surface area contributed by atoms with E-state index >= 15 is 0 Å². The Labute approximate surface area is 185 Å². The van der Waals surface area contributed by atoms with E-state index in [-0.39, 0.29) is 24.2 Å². The highest BCUT2D eigenvalue weighted by molar-refractivity contribution is 5.97. The number of hydrogen-bond acceptors (Lipinski definition) is 4. The van der Waals surface area contributed by atoms with Crippen molar-refractivity contribution >= 4 is 17.5 Å². The van der Waals surface area contributed by atoms with Crippen molar-refractivity contribution in [3.8, 4) is 11.5 Å². The highest BCUT2D eigenvalue weighted by Gasteiger charge is 2.26. The van der Waals surface area contributed by atoms with Crippen LogP contribution >= 0.6 is 0 Å². The zero-order valence-electron chi connectivity index (χ0n) is 17.6. The normalized spacial score (nSPS) is 12.8. The Morgan fingerprint density at radius 1 is 1.06 bits per heavy atom. The number of fused-ring (bicyclic) bond motifs is 1. The lowest BCUT2D eigenvalue weighted by molar-refractivity contribution is -0.118. The van der Waals surface area contributed by atoms with Gasteiger partial charge in [0.25, 0.3) is 11.8 Å². The van der Waals surface area contributed by atoms with Gasteiger partial charge in [-0.15, -0.1) is 0 Å². The fourth-order valence-corrected chi connectivity index (χ4v) is 3.65. The molecule has 1 aliphatic rings. The van der Waals surface area contributed by atoms with Crippen molar-refractivity contribution in [1.29, 1.82) is 0 Å². The molecule has 0 aromatic heterocycles. The Morgan fingerprint density at radius 3 is 2.53 bits per heavy atom. The van der Waals surface area contributed by atoms with Gasteiger partial charge in [0.05, 0.1) is 7.11 Å². The number of amides is 2. The fourth-order valence-electron chi connectivity index (χ4n) is 3.65. The predicted molar refractivity (Wildman–Crippen MR) is 118 cm³/mol. The first-order chi connectivity index (χ1) is 15.5. The minimum atomic E-state index is -0.304. The lowest BCUT2D eigenvalue weighted by atomic mass is 9.97. The molecular weight excluding hydrogens is 411 g/mol. The molecule has 0 atom stereocenters. The summed E-state index contributed by atoms with van der Waals surface area (Å²) < 4.78 is 24.0. The minimum Gasteiger partial charge on any atom is -0.497 e. The van der Waals surface area contributed by atoms with Crippen molar-refractivity contribution < 1.29 is 23.5 Å². The maximum Gasteiger partial charge on any atom is 0.262 e. The topological polar surface area (TPSA) is 67.9 Å². The molecule has 0 spiro atoms. The van der Waals surface area contributed by atoms with E-state index in [1.165, 1.54) is 12.1 Å². The van der Waals surface area contributed by atoms with Crippen LogP contribution < -0.4 is 14.8 Å². The third kappa shape index (κ3) is 4.88. The maximum atomic E-state index is 13.1. The second-order valence-corrected chi connectivity index (χ2v) is 7.45. The number of hydrogen-bond donors (Lipinski definition) is 1. The Balaban J connectivity index is 1.39. The van der Waals surface area contributed by atoms with E-state index in [2.05, 4.69) is 5.32 Å². The molecule has 0 aliphatic carbocycles. The summed E-state index contributed by atoms with van der Waals surface area (Å²) >= 11 is 0. The van der Waals surface area contributed by atoms with E-state index in [1.54, 1.807) is 66.6 Å². The molecule has 1 aliphatic heterocycles. The minimum absolute atomic E-state index is 0.108. The van der Waals surface area contributed by atoms with E-state index < -0.39 is 0 Å². The number of halogens is 1. The smallest absolute Gasteiger partial charge is 0.262 e. The quantitative estimate of drug-likeness (QED) is 0.609. The zero-order chi connectivity index (χ0) is 22.5. The van der Waals surface area contributed by atoms with Crippen LogP contribution in [0.4, 0.5) is 10.1 Å². The Morgan fingerprint density at radius 2 is 1.81 bits per heavy atom. The predicted octanol–water partition coefficient (Wildman–Crippen LogP) is 4.05. The summed E-state index contributed by atoms with van der Waals surface area (Å²) in [4.78, 5) is 27.0. The summed E-state index contributed by atoms with van der Waals surface area (Å²) in [6, 6.07) is 18.4.